The number of methoxy groups -OCH3 is 1. The van der Waals surface area contributed by atoms with Crippen molar-refractivity contribution in [3.05, 3.63) is 28.3 Å². The van der Waals surface area contributed by atoms with Gasteiger partial charge in [-0.15, -0.1) is 0 Å². The number of nitrogens with zero attached hydrogens (tertiary/aromatic N) is 1. The maximum Gasteiger partial charge on any atom is 0.387 e. The topological polar surface area (TPSA) is 71.3 Å². The van der Waals surface area contributed by atoms with Gasteiger partial charge < -0.3 is 14.8 Å². The molecule has 0 saturated carbocycles. The Balaban J connectivity index is 3.23. The van der Waals surface area contributed by atoms with Gasteiger partial charge in [0.05, 0.1) is 12.1 Å². The number of halogens is 3. The summed E-state index contributed by atoms with van der Waals surface area (Å²) in [6.07, 6.45) is 1.28. The molecule has 8 heteroatoms. The number of rotatable bonds is 6. The summed E-state index contributed by atoms with van der Waals surface area (Å²) in [4.78, 5) is 11.9. The van der Waals surface area contributed by atoms with Gasteiger partial charge in [0.1, 0.15) is 11.6 Å². The molecule has 1 amide bonds. The molecule has 1 N–H and O–H groups in total. The Hall–Kier alpha value is -2.33. The molecule has 0 aromatic heterocycles. The van der Waals surface area contributed by atoms with E-state index in [1.54, 1.807) is 19.9 Å². The Morgan fingerprint density at radius 3 is 2.57 bits per heavy atom. The summed E-state index contributed by atoms with van der Waals surface area (Å²) in [5.41, 5.74) is 0.184. The van der Waals surface area contributed by atoms with E-state index in [2.05, 4.69) is 10.1 Å². The number of ether oxygens (including phenoxy) is 2. The van der Waals surface area contributed by atoms with Crippen LogP contribution in [0.2, 0.25) is 5.02 Å². The van der Waals surface area contributed by atoms with Crippen LogP contribution in [0.4, 0.5) is 8.78 Å². The highest BCUT2D eigenvalue weighted by molar-refractivity contribution is 6.32. The van der Waals surface area contributed by atoms with Gasteiger partial charge in [-0.1, -0.05) is 11.6 Å². The first-order valence-electron chi connectivity index (χ1n) is 6.53. The van der Waals surface area contributed by atoms with Crippen molar-refractivity contribution in [3.63, 3.8) is 0 Å². The van der Waals surface area contributed by atoms with Crippen LogP contribution >= 0.6 is 11.6 Å². The molecule has 0 heterocycles. The van der Waals surface area contributed by atoms with E-state index in [9.17, 15) is 13.6 Å². The van der Waals surface area contributed by atoms with Gasteiger partial charge in [0.15, 0.2) is 11.5 Å². The van der Waals surface area contributed by atoms with Gasteiger partial charge in [-0.25, -0.2) is 0 Å². The SMILES string of the molecule is COc1cc(/C=C(\C#N)C(=O)NC(C)C)cc(Cl)c1OC(F)F. The third kappa shape index (κ3) is 5.42. The number of benzene rings is 1. The van der Waals surface area contributed by atoms with E-state index in [-0.39, 0.29) is 28.1 Å². The van der Waals surface area contributed by atoms with E-state index in [1.165, 1.54) is 25.3 Å². The number of nitriles is 1. The predicted molar refractivity (Wildman–Crippen MR) is 81.5 cm³/mol. The van der Waals surface area contributed by atoms with E-state index in [0.717, 1.165) is 0 Å². The molecule has 23 heavy (non-hydrogen) atoms. The quantitative estimate of drug-likeness (QED) is 0.634. The minimum atomic E-state index is -3.06. The first kappa shape index (κ1) is 18.7. The van der Waals surface area contributed by atoms with Crippen LogP contribution in [0.5, 0.6) is 11.5 Å². The number of carbonyl (C=O) groups is 1. The first-order chi connectivity index (χ1) is 10.8. The van der Waals surface area contributed by atoms with Crippen LogP contribution in [0.1, 0.15) is 19.4 Å². The molecule has 1 aromatic carbocycles. The lowest BCUT2D eigenvalue weighted by atomic mass is 10.1. The van der Waals surface area contributed by atoms with Gasteiger partial charge in [-0.2, -0.15) is 14.0 Å². The third-order valence-electron chi connectivity index (χ3n) is 2.55. The number of amides is 1. The third-order valence-corrected chi connectivity index (χ3v) is 2.84. The Morgan fingerprint density at radius 2 is 2.09 bits per heavy atom. The fourth-order valence-electron chi connectivity index (χ4n) is 1.68. The lowest BCUT2D eigenvalue weighted by Gasteiger charge is -2.12. The molecule has 5 nitrogen and oxygen atoms in total. The molecule has 0 atom stereocenters. The van der Waals surface area contributed by atoms with Crippen molar-refractivity contribution in [2.45, 2.75) is 26.5 Å². The van der Waals surface area contributed by atoms with Crippen LogP contribution in [-0.2, 0) is 4.79 Å². The summed E-state index contributed by atoms with van der Waals surface area (Å²) in [7, 11) is 1.26. The van der Waals surface area contributed by atoms with Crippen molar-refractivity contribution in [2.75, 3.05) is 7.11 Å². The molecule has 0 spiro atoms. The predicted octanol–water partition coefficient (Wildman–Crippen LogP) is 3.38. The summed E-state index contributed by atoms with van der Waals surface area (Å²) in [6.45, 7) is 0.446. The molecular formula is C15H15ClF2N2O3. The largest absolute Gasteiger partial charge is 0.493 e. The second kappa shape index (κ2) is 8.34. The van der Waals surface area contributed by atoms with Crippen LogP contribution in [0.15, 0.2) is 17.7 Å². The van der Waals surface area contributed by atoms with Crippen molar-refractivity contribution in [3.8, 4) is 17.6 Å². The van der Waals surface area contributed by atoms with Crippen molar-refractivity contribution in [1.29, 1.82) is 5.26 Å². The van der Waals surface area contributed by atoms with Crippen LogP contribution < -0.4 is 14.8 Å². The zero-order chi connectivity index (χ0) is 17.6. The standard InChI is InChI=1S/C15H15ClF2N2O3/c1-8(2)20-14(21)10(7-19)4-9-5-11(16)13(23-15(17)18)12(6-9)22-3/h4-6,8,15H,1-3H3,(H,20,21)/b10-4+. The highest BCUT2D eigenvalue weighted by Crippen LogP contribution is 2.37. The zero-order valence-corrected chi connectivity index (χ0v) is 13.4. The van der Waals surface area contributed by atoms with Gasteiger partial charge in [0, 0.05) is 6.04 Å². The molecule has 0 aliphatic rings. The van der Waals surface area contributed by atoms with E-state index in [4.69, 9.17) is 21.6 Å². The van der Waals surface area contributed by atoms with E-state index in [0.29, 0.717) is 5.56 Å². The average molecular weight is 345 g/mol. The monoisotopic (exact) mass is 344 g/mol. The molecule has 0 aliphatic carbocycles. The minimum Gasteiger partial charge on any atom is -0.493 e. The molecule has 124 valence electrons. The minimum absolute atomic E-state index is 0.0365. The van der Waals surface area contributed by atoms with Crippen molar-refractivity contribution in [2.24, 2.45) is 0 Å². The number of hydrogen-bond acceptors (Lipinski definition) is 4. The van der Waals surface area contributed by atoms with Crippen molar-refractivity contribution >= 4 is 23.6 Å². The molecule has 1 rings (SSSR count). The number of carbonyl (C=O) groups excluding carboxylic acids is 1. The average Bonchev–Trinajstić information content (AvgIpc) is 2.45. The molecular weight excluding hydrogens is 330 g/mol. The number of nitrogens with one attached hydrogen (secondary N) is 1. The summed E-state index contributed by atoms with van der Waals surface area (Å²) in [6, 6.07) is 4.26. The second-order valence-electron chi connectivity index (χ2n) is 4.71. The zero-order valence-electron chi connectivity index (χ0n) is 12.7. The van der Waals surface area contributed by atoms with Gasteiger partial charge in [0.25, 0.3) is 5.91 Å². The van der Waals surface area contributed by atoms with E-state index in [1.807, 2.05) is 0 Å². The second-order valence-corrected chi connectivity index (χ2v) is 5.12. The van der Waals surface area contributed by atoms with Crippen LogP contribution in [0, 0.1) is 11.3 Å². The van der Waals surface area contributed by atoms with Crippen LogP contribution in [0.25, 0.3) is 6.08 Å². The Bertz CT molecular complexity index is 655. The lowest BCUT2D eigenvalue weighted by molar-refractivity contribution is -0.117. The Labute approximate surface area is 137 Å². The lowest BCUT2D eigenvalue weighted by Crippen LogP contribution is -2.30. The Kier molecular flexibility index (Phi) is 6.79. The van der Waals surface area contributed by atoms with Crippen molar-refractivity contribution < 1.29 is 23.0 Å². The fourth-order valence-corrected chi connectivity index (χ4v) is 1.95. The summed E-state index contributed by atoms with van der Waals surface area (Å²) in [5.74, 6) is -0.900. The Morgan fingerprint density at radius 1 is 1.43 bits per heavy atom. The number of hydrogen-bond donors (Lipinski definition) is 1. The molecule has 1 aromatic rings. The first-order valence-corrected chi connectivity index (χ1v) is 6.91. The highest BCUT2D eigenvalue weighted by Gasteiger charge is 2.17. The fraction of sp³-hybridized carbons (Fsp3) is 0.333. The number of alkyl halides is 2. The molecule has 0 radical (unpaired) electrons. The van der Waals surface area contributed by atoms with Crippen LogP contribution in [-0.4, -0.2) is 25.7 Å². The highest BCUT2D eigenvalue weighted by atomic mass is 35.5. The summed E-state index contributed by atoms with van der Waals surface area (Å²) < 4.78 is 34.0. The van der Waals surface area contributed by atoms with Gasteiger partial charge in [0.2, 0.25) is 0 Å². The summed E-state index contributed by atoms with van der Waals surface area (Å²) in [5, 5.41) is 11.5. The normalized spacial score (nSPS) is 11.3. The van der Waals surface area contributed by atoms with Gasteiger partial charge in [-0.05, 0) is 37.6 Å². The van der Waals surface area contributed by atoms with Crippen molar-refractivity contribution in [1.82, 2.24) is 5.32 Å². The molecule has 0 saturated heterocycles. The van der Waals surface area contributed by atoms with E-state index < -0.39 is 12.5 Å². The summed E-state index contributed by atoms with van der Waals surface area (Å²) >= 11 is 5.90. The maximum absolute atomic E-state index is 12.4. The molecule has 0 bridgehead atoms. The molecule has 0 unspecified atom stereocenters. The van der Waals surface area contributed by atoms with Gasteiger partial charge >= 0.3 is 6.61 Å². The maximum atomic E-state index is 12.4. The smallest absolute Gasteiger partial charge is 0.387 e. The molecule has 0 aliphatic heterocycles. The van der Waals surface area contributed by atoms with Crippen LogP contribution in [0.3, 0.4) is 0 Å². The van der Waals surface area contributed by atoms with Gasteiger partial charge in [-0.3, -0.25) is 4.79 Å². The molecule has 0 fully saturated rings. The van der Waals surface area contributed by atoms with E-state index >= 15 is 0 Å².